The first kappa shape index (κ1) is 16.6. The van der Waals surface area contributed by atoms with E-state index < -0.39 is 6.17 Å². The molecule has 8 heteroatoms. The van der Waals surface area contributed by atoms with Gasteiger partial charge in [-0.15, -0.1) is 0 Å². The lowest BCUT2D eigenvalue weighted by atomic mass is 10.2. The minimum atomic E-state index is -0.901. The Labute approximate surface area is 140 Å². The van der Waals surface area contributed by atoms with Gasteiger partial charge in [-0.05, 0) is 18.6 Å². The summed E-state index contributed by atoms with van der Waals surface area (Å²) in [5, 5.41) is 3.87. The molecule has 130 valence electrons. The average Bonchev–Trinajstić information content (AvgIpc) is 3.21. The van der Waals surface area contributed by atoms with E-state index in [1.807, 2.05) is 24.2 Å². The predicted molar refractivity (Wildman–Crippen MR) is 85.1 cm³/mol. The van der Waals surface area contributed by atoms with Crippen LogP contribution in [0.15, 0.2) is 22.9 Å². The molecule has 0 spiro atoms. The number of likely N-dealkylation sites (N-methyl/N-ethyl adjacent to an activating group) is 1. The van der Waals surface area contributed by atoms with E-state index in [0.717, 1.165) is 0 Å². The fourth-order valence-corrected chi connectivity index (χ4v) is 3.17. The predicted octanol–water partition coefficient (Wildman–Crippen LogP) is 1.40. The van der Waals surface area contributed by atoms with Gasteiger partial charge < -0.3 is 14.0 Å². The van der Waals surface area contributed by atoms with Gasteiger partial charge in [0.1, 0.15) is 11.9 Å². The van der Waals surface area contributed by atoms with Crippen molar-refractivity contribution in [2.24, 2.45) is 7.05 Å². The Kier molecular flexibility index (Phi) is 4.66. The number of carbonyl (C=O) groups excluding carboxylic acids is 1. The van der Waals surface area contributed by atoms with E-state index >= 15 is 0 Å². The van der Waals surface area contributed by atoms with Gasteiger partial charge in [0.15, 0.2) is 5.82 Å². The Morgan fingerprint density at radius 3 is 2.96 bits per heavy atom. The van der Waals surface area contributed by atoms with Crippen molar-refractivity contribution in [1.82, 2.24) is 24.5 Å². The summed E-state index contributed by atoms with van der Waals surface area (Å²) in [6, 6.07) is 3.55. The summed E-state index contributed by atoms with van der Waals surface area (Å²) in [4.78, 5) is 20.3. The molecule has 3 rings (SSSR count). The van der Waals surface area contributed by atoms with Crippen molar-refractivity contribution in [3.63, 3.8) is 0 Å². The first-order valence-electron chi connectivity index (χ1n) is 7.98. The molecule has 0 N–H and O–H groups in total. The van der Waals surface area contributed by atoms with E-state index in [0.29, 0.717) is 43.5 Å². The van der Waals surface area contributed by atoms with E-state index in [2.05, 4.69) is 10.1 Å². The minimum Gasteiger partial charge on any atom is -0.347 e. The highest BCUT2D eigenvalue weighted by atomic mass is 19.1. The summed E-state index contributed by atoms with van der Waals surface area (Å²) in [5.41, 5.74) is 0.618. The van der Waals surface area contributed by atoms with E-state index in [1.54, 1.807) is 29.5 Å². The molecule has 1 saturated heterocycles. The lowest BCUT2D eigenvalue weighted by Crippen LogP contribution is -2.41. The second-order valence-electron chi connectivity index (χ2n) is 6.34. The minimum absolute atomic E-state index is 0.0620. The molecule has 0 unspecified atom stereocenters. The van der Waals surface area contributed by atoms with Gasteiger partial charge in [-0.3, -0.25) is 9.69 Å². The Bertz CT molecular complexity index is 713. The van der Waals surface area contributed by atoms with Crippen LogP contribution in [0, 0.1) is 6.92 Å². The third kappa shape index (κ3) is 3.48. The Morgan fingerprint density at radius 1 is 1.54 bits per heavy atom. The van der Waals surface area contributed by atoms with Gasteiger partial charge in [-0.25, -0.2) is 4.39 Å². The monoisotopic (exact) mass is 335 g/mol. The van der Waals surface area contributed by atoms with E-state index in [4.69, 9.17) is 4.52 Å². The highest BCUT2D eigenvalue weighted by Crippen LogP contribution is 2.23. The van der Waals surface area contributed by atoms with Crippen LogP contribution in [0.5, 0.6) is 0 Å². The van der Waals surface area contributed by atoms with E-state index in [1.165, 1.54) is 0 Å². The molecule has 3 heterocycles. The number of carbonyl (C=O) groups is 1. The van der Waals surface area contributed by atoms with Crippen molar-refractivity contribution in [2.75, 3.05) is 20.1 Å². The molecule has 1 amide bonds. The van der Waals surface area contributed by atoms with Gasteiger partial charge >= 0.3 is 0 Å². The molecule has 1 aliphatic heterocycles. The quantitative estimate of drug-likeness (QED) is 0.826. The number of aryl methyl sites for hydroxylation is 2. The Morgan fingerprint density at radius 2 is 2.33 bits per heavy atom. The standard InChI is InChI=1S/C16H22FN5O2/c1-11-18-15(19-24-11)10-22-8-12(17)7-13(22)9-21(3)16(23)14-5-4-6-20(14)2/h4-6,12-13H,7-10H2,1-3H3/t12-,13-/m0/s1. The smallest absolute Gasteiger partial charge is 0.270 e. The lowest BCUT2D eigenvalue weighted by molar-refractivity contribution is 0.0739. The molecule has 2 aromatic heterocycles. The second kappa shape index (κ2) is 6.72. The largest absolute Gasteiger partial charge is 0.347 e. The number of amides is 1. The lowest BCUT2D eigenvalue weighted by Gasteiger charge is -2.27. The van der Waals surface area contributed by atoms with Crippen LogP contribution in [0.25, 0.3) is 0 Å². The zero-order valence-electron chi connectivity index (χ0n) is 14.1. The van der Waals surface area contributed by atoms with Crippen molar-refractivity contribution >= 4 is 5.91 Å². The summed E-state index contributed by atoms with van der Waals surface area (Å²) >= 11 is 0. The summed E-state index contributed by atoms with van der Waals surface area (Å²) < 4.78 is 20.7. The van der Waals surface area contributed by atoms with Crippen molar-refractivity contribution in [3.05, 3.63) is 35.7 Å². The van der Waals surface area contributed by atoms with Gasteiger partial charge in [0, 0.05) is 46.3 Å². The van der Waals surface area contributed by atoms with Crippen LogP contribution in [0.2, 0.25) is 0 Å². The van der Waals surface area contributed by atoms with E-state index in [-0.39, 0.29) is 11.9 Å². The van der Waals surface area contributed by atoms with Crippen LogP contribution in [-0.4, -0.2) is 62.8 Å². The molecule has 7 nitrogen and oxygen atoms in total. The van der Waals surface area contributed by atoms with Gasteiger partial charge in [-0.2, -0.15) is 4.98 Å². The normalized spacial score (nSPS) is 21.3. The van der Waals surface area contributed by atoms with Gasteiger partial charge in [0.05, 0.1) is 6.54 Å². The molecular formula is C16H22FN5O2. The maximum Gasteiger partial charge on any atom is 0.270 e. The summed E-state index contributed by atoms with van der Waals surface area (Å²) in [7, 11) is 3.58. The summed E-state index contributed by atoms with van der Waals surface area (Å²) in [5.74, 6) is 0.969. The average molecular weight is 335 g/mol. The molecule has 0 aromatic carbocycles. The van der Waals surface area contributed by atoms with Crippen LogP contribution in [0.3, 0.4) is 0 Å². The molecule has 2 atom stereocenters. The first-order valence-corrected chi connectivity index (χ1v) is 7.98. The summed E-state index contributed by atoms with van der Waals surface area (Å²) in [6.07, 6.45) is 1.34. The number of likely N-dealkylation sites (tertiary alicyclic amines) is 1. The highest BCUT2D eigenvalue weighted by Gasteiger charge is 2.34. The van der Waals surface area contributed by atoms with Gasteiger partial charge in [0.2, 0.25) is 5.89 Å². The number of hydrogen-bond donors (Lipinski definition) is 0. The molecule has 0 saturated carbocycles. The fraction of sp³-hybridized carbons (Fsp3) is 0.562. The van der Waals surface area contributed by atoms with Gasteiger partial charge in [-0.1, -0.05) is 5.16 Å². The Hall–Kier alpha value is -2.22. The fourth-order valence-electron chi connectivity index (χ4n) is 3.17. The molecule has 1 aliphatic rings. The first-order chi connectivity index (χ1) is 11.4. The molecule has 0 aliphatic carbocycles. The van der Waals surface area contributed by atoms with Crippen LogP contribution >= 0.6 is 0 Å². The van der Waals surface area contributed by atoms with Crippen LogP contribution in [0.1, 0.15) is 28.6 Å². The second-order valence-corrected chi connectivity index (χ2v) is 6.34. The van der Waals surface area contributed by atoms with Crippen molar-refractivity contribution in [3.8, 4) is 0 Å². The number of halogens is 1. The maximum absolute atomic E-state index is 13.9. The molecule has 2 aromatic rings. The topological polar surface area (TPSA) is 67.4 Å². The number of nitrogens with zero attached hydrogens (tertiary/aromatic N) is 5. The molecule has 0 bridgehead atoms. The highest BCUT2D eigenvalue weighted by molar-refractivity contribution is 5.92. The summed E-state index contributed by atoms with van der Waals surface area (Å²) in [6.45, 7) is 2.93. The number of aromatic nitrogens is 3. The Balaban J connectivity index is 1.65. The number of rotatable bonds is 5. The van der Waals surface area contributed by atoms with Crippen LogP contribution < -0.4 is 0 Å². The third-order valence-corrected chi connectivity index (χ3v) is 4.39. The number of alkyl halides is 1. The molecule has 24 heavy (non-hydrogen) atoms. The zero-order chi connectivity index (χ0) is 17.3. The molecule has 0 radical (unpaired) electrons. The van der Waals surface area contributed by atoms with Gasteiger partial charge in [0.25, 0.3) is 5.91 Å². The van der Waals surface area contributed by atoms with Crippen molar-refractivity contribution in [1.29, 1.82) is 0 Å². The number of hydrogen-bond acceptors (Lipinski definition) is 5. The SMILES string of the molecule is Cc1nc(CN2C[C@@H](F)C[C@H]2CN(C)C(=O)c2cccn2C)no1. The zero-order valence-corrected chi connectivity index (χ0v) is 14.1. The van der Waals surface area contributed by atoms with Crippen LogP contribution in [-0.2, 0) is 13.6 Å². The van der Waals surface area contributed by atoms with Crippen molar-refractivity contribution < 1.29 is 13.7 Å². The molecular weight excluding hydrogens is 313 g/mol. The maximum atomic E-state index is 13.9. The van der Waals surface area contributed by atoms with Crippen molar-refractivity contribution in [2.45, 2.75) is 32.1 Å². The third-order valence-electron chi connectivity index (χ3n) is 4.39. The van der Waals surface area contributed by atoms with E-state index in [9.17, 15) is 9.18 Å². The van der Waals surface area contributed by atoms with Crippen LogP contribution in [0.4, 0.5) is 4.39 Å². The molecule has 1 fully saturated rings.